The highest BCUT2D eigenvalue weighted by Crippen LogP contribution is 2.32. The predicted molar refractivity (Wildman–Crippen MR) is 69.8 cm³/mol. The number of aromatic nitrogens is 1. The van der Waals surface area contributed by atoms with Crippen molar-refractivity contribution >= 4 is 11.3 Å². The van der Waals surface area contributed by atoms with Crippen molar-refractivity contribution in [3.8, 4) is 0 Å². The minimum Gasteiger partial charge on any atom is -0.308 e. The Morgan fingerprint density at radius 3 is 3.00 bits per heavy atom. The van der Waals surface area contributed by atoms with Crippen LogP contribution in [0.4, 0.5) is 5.69 Å². The number of anilines is 1. The summed E-state index contributed by atoms with van der Waals surface area (Å²) in [4.78, 5) is 6.89. The molecule has 1 aromatic rings. The largest absolute Gasteiger partial charge is 0.308 e. The van der Waals surface area contributed by atoms with Gasteiger partial charge in [0.25, 0.3) is 0 Å². The summed E-state index contributed by atoms with van der Waals surface area (Å²) in [5, 5.41) is 2.19. The molecule has 0 spiro atoms. The first-order valence-electron chi connectivity index (χ1n) is 6.10. The molecule has 0 unspecified atom stereocenters. The summed E-state index contributed by atoms with van der Waals surface area (Å²) < 4.78 is 0. The van der Waals surface area contributed by atoms with Gasteiger partial charge in [-0.05, 0) is 25.1 Å². The number of rotatable bonds is 2. The zero-order valence-corrected chi connectivity index (χ0v) is 10.4. The number of hydrogen-bond donors (Lipinski definition) is 1. The molecule has 2 aliphatic heterocycles. The molecule has 17 heavy (non-hydrogen) atoms. The Kier molecular flexibility index (Phi) is 2.61. The van der Waals surface area contributed by atoms with Gasteiger partial charge in [-0.2, -0.15) is 0 Å². The summed E-state index contributed by atoms with van der Waals surface area (Å²) >= 11 is 0. The molecular weight excluding hydrogens is 212 g/mol. The van der Waals surface area contributed by atoms with E-state index >= 15 is 0 Å². The third-order valence-corrected chi connectivity index (χ3v) is 3.57. The van der Waals surface area contributed by atoms with E-state index in [2.05, 4.69) is 39.5 Å². The van der Waals surface area contributed by atoms with Crippen molar-refractivity contribution in [1.82, 2.24) is 15.3 Å². The fourth-order valence-electron chi connectivity index (χ4n) is 2.69. The second-order valence-electron chi connectivity index (χ2n) is 4.71. The van der Waals surface area contributed by atoms with Crippen LogP contribution < -0.4 is 10.4 Å². The van der Waals surface area contributed by atoms with Crippen LogP contribution in [0.2, 0.25) is 0 Å². The first kappa shape index (κ1) is 10.7. The van der Waals surface area contributed by atoms with Gasteiger partial charge in [0.2, 0.25) is 0 Å². The van der Waals surface area contributed by atoms with Crippen LogP contribution in [-0.4, -0.2) is 43.6 Å². The van der Waals surface area contributed by atoms with E-state index in [1.807, 2.05) is 13.2 Å². The molecule has 0 amide bonds. The van der Waals surface area contributed by atoms with Gasteiger partial charge in [-0.1, -0.05) is 6.08 Å². The third-order valence-electron chi connectivity index (χ3n) is 3.57. The third kappa shape index (κ3) is 1.73. The molecule has 3 rings (SSSR count). The monoisotopic (exact) mass is 230 g/mol. The minimum atomic E-state index is 1.02. The molecule has 1 aromatic heterocycles. The minimum absolute atomic E-state index is 1.02. The highest BCUT2D eigenvalue weighted by atomic mass is 15.5. The summed E-state index contributed by atoms with van der Waals surface area (Å²) in [6.45, 7) is 3.09. The van der Waals surface area contributed by atoms with Gasteiger partial charge in [-0.3, -0.25) is 9.88 Å². The summed E-state index contributed by atoms with van der Waals surface area (Å²) in [6, 6.07) is 2.10. The van der Waals surface area contributed by atoms with Gasteiger partial charge in [0.05, 0.1) is 11.4 Å². The van der Waals surface area contributed by atoms with Crippen LogP contribution >= 0.6 is 0 Å². The molecule has 0 radical (unpaired) electrons. The molecule has 0 saturated carbocycles. The topological polar surface area (TPSA) is 31.4 Å². The molecule has 0 bridgehead atoms. The van der Waals surface area contributed by atoms with E-state index in [1.165, 1.54) is 22.5 Å². The van der Waals surface area contributed by atoms with Crippen LogP contribution in [0.3, 0.4) is 0 Å². The molecule has 3 heterocycles. The smallest absolute Gasteiger partial charge is 0.0725 e. The van der Waals surface area contributed by atoms with Crippen molar-refractivity contribution in [3.05, 3.63) is 29.6 Å². The number of fused-ring (bicyclic) bond motifs is 1. The van der Waals surface area contributed by atoms with Crippen molar-refractivity contribution < 1.29 is 0 Å². The Hall–Kier alpha value is -1.39. The number of hydrazine groups is 1. The summed E-state index contributed by atoms with van der Waals surface area (Å²) in [6.07, 6.45) is 5.30. The van der Waals surface area contributed by atoms with E-state index in [0.717, 1.165) is 26.1 Å². The Bertz CT molecular complexity index is 466. The Morgan fingerprint density at radius 2 is 2.29 bits per heavy atom. The number of pyridine rings is 1. The highest BCUT2D eigenvalue weighted by molar-refractivity contribution is 5.74. The van der Waals surface area contributed by atoms with Gasteiger partial charge in [0.15, 0.2) is 0 Å². The molecular formula is C13H18N4. The molecule has 1 N–H and O–H groups in total. The Labute approximate surface area is 102 Å². The number of hydrogen-bond acceptors (Lipinski definition) is 4. The Balaban J connectivity index is 2.00. The molecule has 4 heteroatoms. The summed E-state index contributed by atoms with van der Waals surface area (Å²) in [7, 11) is 4.12. The average Bonchev–Trinajstić information content (AvgIpc) is 2.94. The predicted octanol–water partition coefficient (Wildman–Crippen LogP) is 0.907. The number of likely N-dealkylation sites (N-methyl/N-ethyl adjacent to an activating group) is 1. The van der Waals surface area contributed by atoms with Crippen LogP contribution in [0, 0.1) is 0 Å². The maximum absolute atomic E-state index is 4.59. The standard InChI is InChI=1S/C13H18N4/c1-14-17-8-5-11-12(17)3-6-15-13(11)10-4-7-16(2)9-10/h3-4,6,14H,5,7-9H2,1-2H3. The van der Waals surface area contributed by atoms with Gasteiger partial charge in [0.1, 0.15) is 0 Å². The van der Waals surface area contributed by atoms with Gasteiger partial charge in [0, 0.05) is 38.4 Å². The zero-order valence-electron chi connectivity index (χ0n) is 10.4. The lowest BCUT2D eigenvalue weighted by Crippen LogP contribution is -2.32. The van der Waals surface area contributed by atoms with E-state index in [4.69, 9.17) is 0 Å². The average molecular weight is 230 g/mol. The van der Waals surface area contributed by atoms with Crippen LogP contribution in [-0.2, 0) is 6.42 Å². The van der Waals surface area contributed by atoms with Crippen LogP contribution in [0.5, 0.6) is 0 Å². The fourth-order valence-corrected chi connectivity index (χ4v) is 2.69. The summed E-state index contributed by atoms with van der Waals surface area (Å²) in [5.74, 6) is 0. The van der Waals surface area contributed by atoms with Gasteiger partial charge < -0.3 is 5.01 Å². The van der Waals surface area contributed by atoms with Crippen LogP contribution in [0.15, 0.2) is 18.3 Å². The molecule has 4 nitrogen and oxygen atoms in total. The fraction of sp³-hybridized carbons (Fsp3) is 0.462. The van der Waals surface area contributed by atoms with Crippen molar-refractivity contribution in [3.63, 3.8) is 0 Å². The van der Waals surface area contributed by atoms with Crippen molar-refractivity contribution in [1.29, 1.82) is 0 Å². The maximum Gasteiger partial charge on any atom is 0.0725 e. The van der Waals surface area contributed by atoms with E-state index < -0.39 is 0 Å². The van der Waals surface area contributed by atoms with Gasteiger partial charge in [-0.25, -0.2) is 5.43 Å². The zero-order chi connectivity index (χ0) is 11.8. The first-order chi connectivity index (χ1) is 8.29. The van der Waals surface area contributed by atoms with Gasteiger partial charge in [-0.15, -0.1) is 0 Å². The maximum atomic E-state index is 4.59. The van der Waals surface area contributed by atoms with E-state index in [9.17, 15) is 0 Å². The molecule has 0 fully saturated rings. The SMILES string of the molecule is CNN1CCc2c1ccnc2C1=CCN(C)C1. The number of nitrogens with one attached hydrogen (secondary N) is 1. The van der Waals surface area contributed by atoms with E-state index in [0.29, 0.717) is 0 Å². The lowest BCUT2D eigenvalue weighted by molar-refractivity contribution is 0.438. The molecule has 0 saturated heterocycles. The highest BCUT2D eigenvalue weighted by Gasteiger charge is 2.24. The lowest BCUT2D eigenvalue weighted by atomic mass is 10.0. The molecule has 0 aliphatic carbocycles. The summed E-state index contributed by atoms with van der Waals surface area (Å²) in [5.41, 5.74) is 8.48. The van der Waals surface area contributed by atoms with Crippen LogP contribution in [0.1, 0.15) is 11.3 Å². The van der Waals surface area contributed by atoms with Crippen molar-refractivity contribution in [2.75, 3.05) is 38.7 Å². The quantitative estimate of drug-likeness (QED) is 0.818. The normalized spacial score (nSPS) is 19.6. The van der Waals surface area contributed by atoms with Gasteiger partial charge >= 0.3 is 0 Å². The molecule has 90 valence electrons. The Morgan fingerprint density at radius 1 is 1.41 bits per heavy atom. The van der Waals surface area contributed by atoms with E-state index in [-0.39, 0.29) is 0 Å². The second-order valence-corrected chi connectivity index (χ2v) is 4.71. The lowest BCUT2D eigenvalue weighted by Gasteiger charge is -2.17. The van der Waals surface area contributed by atoms with E-state index in [1.54, 1.807) is 0 Å². The van der Waals surface area contributed by atoms with Crippen molar-refractivity contribution in [2.24, 2.45) is 0 Å². The number of nitrogens with zero attached hydrogens (tertiary/aromatic N) is 3. The molecule has 2 aliphatic rings. The molecule has 0 atom stereocenters. The van der Waals surface area contributed by atoms with Crippen LogP contribution in [0.25, 0.3) is 5.57 Å². The first-order valence-corrected chi connectivity index (χ1v) is 6.10. The second kappa shape index (κ2) is 4.13. The van der Waals surface area contributed by atoms with Crippen molar-refractivity contribution in [2.45, 2.75) is 6.42 Å². The molecule has 0 aromatic carbocycles.